The van der Waals surface area contributed by atoms with Crippen molar-refractivity contribution in [3.8, 4) is 0 Å². The van der Waals surface area contributed by atoms with Crippen LogP contribution in [0.4, 0.5) is 0 Å². The van der Waals surface area contributed by atoms with Crippen LogP contribution in [0.15, 0.2) is 0 Å². The van der Waals surface area contributed by atoms with Crippen LogP contribution < -0.4 is 0 Å². The Labute approximate surface area is 117 Å². The topological polar surface area (TPSA) is 18.5 Å². The molecule has 2 nitrogen and oxygen atoms in total. The second-order valence-electron chi connectivity index (χ2n) is 4.37. The normalized spacial score (nSPS) is 16.7. The number of unbranched alkanes of at least 4 members (excludes halogenated alkanes) is 2. The first-order chi connectivity index (χ1) is 8.05. The second-order valence-corrected chi connectivity index (χ2v) is 9.65. The van der Waals surface area contributed by atoms with Crippen LogP contribution in [0.3, 0.4) is 0 Å². The fourth-order valence-corrected chi connectivity index (χ4v) is 3.14. The molecule has 0 aliphatic carbocycles. The van der Waals surface area contributed by atoms with E-state index in [0.717, 1.165) is 19.3 Å². The minimum Gasteiger partial charge on any atom is -0.322 e. The Bertz CT molecular complexity index is 225. The Hall–Kier alpha value is 0.920. The van der Waals surface area contributed by atoms with Crippen LogP contribution in [0.1, 0.15) is 59.3 Å². The van der Waals surface area contributed by atoms with E-state index in [2.05, 4.69) is 33.0 Å². The summed E-state index contributed by atoms with van der Waals surface area (Å²) in [7, 11) is 0. The molecule has 0 radical (unpaired) electrons. The number of thiol groups is 1. The largest absolute Gasteiger partial charge is 0.322 e. The Morgan fingerprint density at radius 2 is 1.76 bits per heavy atom. The van der Waals surface area contributed by atoms with Crippen molar-refractivity contribution in [1.82, 2.24) is 0 Å². The molecule has 0 saturated carbocycles. The lowest BCUT2D eigenvalue weighted by atomic mass is 10.0. The Balaban J connectivity index is 3.84. The first kappa shape index (κ1) is 17.9. The van der Waals surface area contributed by atoms with Crippen molar-refractivity contribution < 1.29 is 9.05 Å². The van der Waals surface area contributed by atoms with E-state index in [1.165, 1.54) is 19.3 Å². The van der Waals surface area contributed by atoms with Gasteiger partial charge < -0.3 is 9.05 Å². The summed E-state index contributed by atoms with van der Waals surface area (Å²) in [6, 6.07) is 0. The lowest BCUT2D eigenvalue weighted by Gasteiger charge is -2.20. The third kappa shape index (κ3) is 10.5. The summed E-state index contributed by atoms with van der Waals surface area (Å²) in [4.78, 5) is 0. The number of hydrogen-bond donors (Lipinski definition) is 1. The number of hydrogen-bond acceptors (Lipinski definition) is 3. The fourth-order valence-electron chi connectivity index (χ4n) is 1.46. The molecule has 0 amide bonds. The molecular weight excluding hydrogens is 271 g/mol. The first-order valence-corrected chi connectivity index (χ1v) is 10.5. The lowest BCUT2D eigenvalue weighted by Crippen LogP contribution is -2.07. The third-order valence-corrected chi connectivity index (χ3v) is 5.08. The highest BCUT2D eigenvalue weighted by Crippen LogP contribution is 2.53. The van der Waals surface area contributed by atoms with E-state index in [1.54, 1.807) is 0 Å². The molecule has 0 spiro atoms. The second kappa shape index (κ2) is 10.8. The molecule has 0 saturated heterocycles. The van der Waals surface area contributed by atoms with Crippen LogP contribution in [-0.4, -0.2) is 13.2 Å². The molecule has 2 atom stereocenters. The quantitative estimate of drug-likeness (QED) is 0.322. The van der Waals surface area contributed by atoms with Crippen LogP contribution in [0, 0.1) is 5.92 Å². The average molecular weight is 298 g/mol. The standard InChI is InChI=1S/C12H27O2PS2/c1-4-7-9-12(6-3)11-14-15(16,17)13-10-8-5-2/h12H,4-11H2,1-3H3,(H,16,17). The maximum Gasteiger partial charge on any atom is 0.244 e. The van der Waals surface area contributed by atoms with Gasteiger partial charge in [-0.25, -0.2) is 0 Å². The molecule has 104 valence electrons. The molecule has 0 rings (SSSR count). The van der Waals surface area contributed by atoms with Crippen LogP contribution in [-0.2, 0) is 20.9 Å². The molecule has 0 aromatic rings. The molecule has 17 heavy (non-hydrogen) atoms. The van der Waals surface area contributed by atoms with Crippen molar-refractivity contribution in [3.05, 3.63) is 0 Å². The number of rotatable bonds is 11. The van der Waals surface area contributed by atoms with Crippen LogP contribution in [0.5, 0.6) is 0 Å². The Morgan fingerprint density at radius 3 is 2.29 bits per heavy atom. The van der Waals surface area contributed by atoms with Gasteiger partial charge >= 0.3 is 0 Å². The van der Waals surface area contributed by atoms with Crippen molar-refractivity contribution in [2.75, 3.05) is 13.2 Å². The summed E-state index contributed by atoms with van der Waals surface area (Å²) in [6.45, 7) is 7.91. The Kier molecular flexibility index (Phi) is 11.4. The first-order valence-electron chi connectivity index (χ1n) is 6.67. The fraction of sp³-hybridized carbons (Fsp3) is 1.00. The average Bonchev–Trinajstić information content (AvgIpc) is 2.29. The van der Waals surface area contributed by atoms with Gasteiger partial charge in [0, 0.05) is 0 Å². The zero-order valence-corrected chi connectivity index (χ0v) is 14.0. The minimum absolute atomic E-state index is 0.596. The van der Waals surface area contributed by atoms with E-state index in [1.807, 2.05) is 0 Å². The molecule has 0 heterocycles. The van der Waals surface area contributed by atoms with Gasteiger partial charge in [0.25, 0.3) is 0 Å². The monoisotopic (exact) mass is 298 g/mol. The van der Waals surface area contributed by atoms with Crippen molar-refractivity contribution >= 4 is 29.7 Å². The molecule has 2 unspecified atom stereocenters. The molecular formula is C12H27O2PS2. The summed E-state index contributed by atoms with van der Waals surface area (Å²) in [5.74, 6) is 0.596. The molecule has 0 aromatic heterocycles. The lowest BCUT2D eigenvalue weighted by molar-refractivity contribution is 0.211. The molecule has 5 heteroatoms. The van der Waals surface area contributed by atoms with Crippen LogP contribution in [0.2, 0.25) is 0 Å². The summed E-state index contributed by atoms with van der Waals surface area (Å²) >= 11 is 9.61. The predicted octanol–water partition coefficient (Wildman–Crippen LogP) is 5.19. The van der Waals surface area contributed by atoms with Gasteiger partial charge in [-0.2, -0.15) is 0 Å². The van der Waals surface area contributed by atoms with Gasteiger partial charge in [-0.3, -0.25) is 0 Å². The van der Waals surface area contributed by atoms with Gasteiger partial charge in [-0.1, -0.05) is 58.7 Å². The highest BCUT2D eigenvalue weighted by atomic mass is 32.9. The highest BCUT2D eigenvalue weighted by Gasteiger charge is 2.15. The molecule has 0 aromatic carbocycles. The minimum atomic E-state index is -2.29. The summed E-state index contributed by atoms with van der Waals surface area (Å²) in [6.07, 6.45) is 6.97. The zero-order chi connectivity index (χ0) is 13.1. The third-order valence-electron chi connectivity index (χ3n) is 2.77. The van der Waals surface area contributed by atoms with Crippen molar-refractivity contribution in [1.29, 1.82) is 0 Å². The van der Waals surface area contributed by atoms with E-state index < -0.39 is 5.69 Å². The summed E-state index contributed by atoms with van der Waals surface area (Å²) < 4.78 is 11.2. The van der Waals surface area contributed by atoms with E-state index >= 15 is 0 Å². The van der Waals surface area contributed by atoms with E-state index in [4.69, 9.17) is 20.9 Å². The molecule has 0 N–H and O–H groups in total. The SMILES string of the molecule is CCCCOP(=S)(S)OCC(CC)CCCC. The van der Waals surface area contributed by atoms with Crippen LogP contribution >= 0.6 is 17.9 Å². The van der Waals surface area contributed by atoms with Gasteiger partial charge in [0.2, 0.25) is 5.69 Å². The summed E-state index contributed by atoms with van der Waals surface area (Å²) in [5, 5.41) is 0. The van der Waals surface area contributed by atoms with E-state index in [-0.39, 0.29) is 0 Å². The van der Waals surface area contributed by atoms with Crippen molar-refractivity contribution in [3.63, 3.8) is 0 Å². The van der Waals surface area contributed by atoms with Gasteiger partial charge in [-0.15, -0.1) is 0 Å². The maximum absolute atomic E-state index is 5.69. The predicted molar refractivity (Wildman–Crippen MR) is 83.4 cm³/mol. The summed E-state index contributed by atoms with van der Waals surface area (Å²) in [5.41, 5.74) is -2.29. The van der Waals surface area contributed by atoms with E-state index in [0.29, 0.717) is 19.1 Å². The molecule has 0 fully saturated rings. The maximum atomic E-state index is 5.69. The van der Waals surface area contributed by atoms with Gasteiger partial charge in [-0.05, 0) is 30.6 Å². The zero-order valence-electron chi connectivity index (χ0n) is 11.4. The van der Waals surface area contributed by atoms with Gasteiger partial charge in [0.1, 0.15) is 0 Å². The highest BCUT2D eigenvalue weighted by molar-refractivity contribution is 8.60. The molecule has 0 aliphatic heterocycles. The van der Waals surface area contributed by atoms with Gasteiger partial charge in [0.15, 0.2) is 0 Å². The van der Waals surface area contributed by atoms with Crippen molar-refractivity contribution in [2.24, 2.45) is 5.92 Å². The van der Waals surface area contributed by atoms with Crippen molar-refractivity contribution in [2.45, 2.75) is 59.3 Å². The van der Waals surface area contributed by atoms with Crippen LogP contribution in [0.25, 0.3) is 0 Å². The molecule has 0 bridgehead atoms. The smallest absolute Gasteiger partial charge is 0.244 e. The van der Waals surface area contributed by atoms with Gasteiger partial charge in [0.05, 0.1) is 13.2 Å². The van der Waals surface area contributed by atoms with E-state index in [9.17, 15) is 0 Å². The molecule has 0 aliphatic rings. The Morgan fingerprint density at radius 1 is 1.12 bits per heavy atom.